The molecule has 0 spiro atoms. The SMILES string of the molecule is Cc1ccc(-n2c(C)cc(/C=N/NC(=O)CSCc3cccc(Br)c3)c2C)cc1C. The molecule has 1 amide bonds. The first-order valence-corrected chi connectivity index (χ1v) is 11.7. The van der Waals surface area contributed by atoms with Crippen molar-refractivity contribution in [2.24, 2.45) is 5.10 Å². The van der Waals surface area contributed by atoms with Crippen LogP contribution in [0.2, 0.25) is 0 Å². The average Bonchev–Trinajstić information content (AvgIpc) is 2.97. The van der Waals surface area contributed by atoms with Gasteiger partial charge in [-0.3, -0.25) is 4.79 Å². The van der Waals surface area contributed by atoms with Crippen LogP contribution >= 0.6 is 27.7 Å². The van der Waals surface area contributed by atoms with Gasteiger partial charge in [0.25, 0.3) is 0 Å². The van der Waals surface area contributed by atoms with Crippen molar-refractivity contribution in [2.75, 3.05) is 5.75 Å². The summed E-state index contributed by atoms with van der Waals surface area (Å²) in [5.41, 5.74) is 10.7. The van der Waals surface area contributed by atoms with Crippen molar-refractivity contribution in [3.8, 4) is 5.69 Å². The summed E-state index contributed by atoms with van der Waals surface area (Å²) in [6.07, 6.45) is 1.72. The Morgan fingerprint density at radius 3 is 2.63 bits per heavy atom. The highest BCUT2D eigenvalue weighted by atomic mass is 79.9. The molecule has 0 unspecified atom stereocenters. The minimum atomic E-state index is -0.103. The molecule has 30 heavy (non-hydrogen) atoms. The number of halogens is 1. The van der Waals surface area contributed by atoms with Gasteiger partial charge in [-0.2, -0.15) is 5.10 Å². The van der Waals surface area contributed by atoms with Gasteiger partial charge in [-0.05, 0) is 74.7 Å². The standard InChI is InChI=1S/C24H26BrN3OS/c1-16-8-9-23(10-17(16)2)28-18(3)11-21(19(28)4)13-26-27-24(29)15-30-14-20-6-5-7-22(25)12-20/h5-13H,14-15H2,1-4H3,(H,27,29)/b26-13+. The summed E-state index contributed by atoms with van der Waals surface area (Å²) in [6, 6.07) is 16.7. The van der Waals surface area contributed by atoms with Crippen LogP contribution in [0.25, 0.3) is 5.69 Å². The molecule has 0 bridgehead atoms. The van der Waals surface area contributed by atoms with E-state index in [0.717, 1.165) is 32.9 Å². The molecule has 0 fully saturated rings. The third kappa shape index (κ3) is 5.64. The lowest BCUT2D eigenvalue weighted by molar-refractivity contribution is -0.118. The van der Waals surface area contributed by atoms with E-state index in [-0.39, 0.29) is 5.91 Å². The van der Waals surface area contributed by atoms with E-state index in [1.807, 2.05) is 12.1 Å². The van der Waals surface area contributed by atoms with Crippen LogP contribution in [0, 0.1) is 27.7 Å². The Bertz CT molecular complexity index is 1090. The van der Waals surface area contributed by atoms with E-state index < -0.39 is 0 Å². The number of hydrogen-bond donors (Lipinski definition) is 1. The van der Waals surface area contributed by atoms with Crippen LogP contribution in [0.1, 0.15) is 33.6 Å². The normalized spacial score (nSPS) is 11.2. The molecule has 3 aromatic rings. The van der Waals surface area contributed by atoms with Gasteiger partial charge in [-0.1, -0.05) is 34.1 Å². The predicted molar refractivity (Wildman–Crippen MR) is 131 cm³/mol. The van der Waals surface area contributed by atoms with Crippen molar-refractivity contribution in [3.63, 3.8) is 0 Å². The van der Waals surface area contributed by atoms with E-state index >= 15 is 0 Å². The van der Waals surface area contributed by atoms with Gasteiger partial charge >= 0.3 is 0 Å². The van der Waals surface area contributed by atoms with Crippen LogP contribution in [0.3, 0.4) is 0 Å². The van der Waals surface area contributed by atoms with Gasteiger partial charge in [0, 0.05) is 32.9 Å². The number of carbonyl (C=O) groups excluding carboxylic acids is 1. The number of hydrazone groups is 1. The minimum absolute atomic E-state index is 0.103. The number of nitrogens with zero attached hydrogens (tertiary/aromatic N) is 2. The predicted octanol–water partition coefficient (Wildman–Crippen LogP) is 5.86. The van der Waals surface area contributed by atoms with Gasteiger partial charge in [0.1, 0.15) is 0 Å². The van der Waals surface area contributed by atoms with E-state index in [4.69, 9.17) is 0 Å². The molecule has 1 N–H and O–H groups in total. The monoisotopic (exact) mass is 483 g/mol. The van der Waals surface area contributed by atoms with E-state index in [1.165, 1.54) is 16.7 Å². The zero-order chi connectivity index (χ0) is 21.7. The highest BCUT2D eigenvalue weighted by molar-refractivity contribution is 9.10. The largest absolute Gasteiger partial charge is 0.318 e. The molecule has 156 valence electrons. The summed E-state index contributed by atoms with van der Waals surface area (Å²) in [4.78, 5) is 12.1. The molecular formula is C24H26BrN3OS. The number of nitrogens with one attached hydrogen (secondary N) is 1. The maximum atomic E-state index is 12.1. The van der Waals surface area contributed by atoms with Crippen LogP contribution < -0.4 is 5.43 Å². The molecule has 3 rings (SSSR count). The average molecular weight is 484 g/mol. The zero-order valence-electron chi connectivity index (χ0n) is 17.7. The lowest BCUT2D eigenvalue weighted by Gasteiger charge is -2.11. The molecule has 0 saturated carbocycles. The Hall–Kier alpha value is -2.31. The lowest BCUT2D eigenvalue weighted by Crippen LogP contribution is -2.19. The first-order chi connectivity index (χ1) is 14.3. The van der Waals surface area contributed by atoms with Crippen LogP contribution in [0.4, 0.5) is 0 Å². The Balaban J connectivity index is 1.58. The third-order valence-electron chi connectivity index (χ3n) is 5.00. The van der Waals surface area contributed by atoms with Gasteiger partial charge in [0.15, 0.2) is 0 Å². The van der Waals surface area contributed by atoms with E-state index in [0.29, 0.717) is 5.75 Å². The number of aryl methyl sites for hydroxylation is 3. The zero-order valence-corrected chi connectivity index (χ0v) is 20.1. The fraction of sp³-hybridized carbons (Fsp3) is 0.250. The molecule has 0 atom stereocenters. The van der Waals surface area contributed by atoms with Crippen molar-refractivity contribution < 1.29 is 4.79 Å². The molecule has 1 aromatic heterocycles. The van der Waals surface area contributed by atoms with Crippen molar-refractivity contribution in [1.29, 1.82) is 0 Å². The Kier molecular flexibility index (Phi) is 7.56. The Morgan fingerprint density at radius 1 is 1.10 bits per heavy atom. The topological polar surface area (TPSA) is 46.4 Å². The number of aromatic nitrogens is 1. The van der Waals surface area contributed by atoms with Gasteiger partial charge in [-0.25, -0.2) is 5.43 Å². The quantitative estimate of drug-likeness (QED) is 0.338. The third-order valence-corrected chi connectivity index (χ3v) is 6.50. The van der Waals surface area contributed by atoms with Crippen molar-refractivity contribution in [2.45, 2.75) is 33.4 Å². The molecular weight excluding hydrogens is 458 g/mol. The molecule has 2 aromatic carbocycles. The van der Waals surface area contributed by atoms with E-state index in [1.54, 1.807) is 18.0 Å². The van der Waals surface area contributed by atoms with Crippen LogP contribution in [-0.4, -0.2) is 22.4 Å². The highest BCUT2D eigenvalue weighted by Gasteiger charge is 2.10. The molecule has 0 aliphatic carbocycles. The molecule has 0 saturated heterocycles. The second kappa shape index (κ2) is 10.1. The summed E-state index contributed by atoms with van der Waals surface area (Å²) in [5.74, 6) is 1.05. The summed E-state index contributed by atoms with van der Waals surface area (Å²) in [6.45, 7) is 8.39. The molecule has 4 nitrogen and oxygen atoms in total. The van der Waals surface area contributed by atoms with Crippen LogP contribution in [0.15, 0.2) is 58.1 Å². The maximum Gasteiger partial charge on any atom is 0.250 e. The number of carbonyl (C=O) groups is 1. The second-order valence-electron chi connectivity index (χ2n) is 7.35. The summed E-state index contributed by atoms with van der Waals surface area (Å²) in [7, 11) is 0. The van der Waals surface area contributed by atoms with Crippen LogP contribution in [-0.2, 0) is 10.5 Å². The van der Waals surface area contributed by atoms with Crippen LogP contribution in [0.5, 0.6) is 0 Å². The number of hydrogen-bond acceptors (Lipinski definition) is 3. The molecule has 0 aliphatic heterocycles. The summed E-state index contributed by atoms with van der Waals surface area (Å²) < 4.78 is 3.26. The second-order valence-corrected chi connectivity index (χ2v) is 9.25. The summed E-state index contributed by atoms with van der Waals surface area (Å²) in [5, 5.41) is 4.16. The van der Waals surface area contributed by atoms with Gasteiger partial charge < -0.3 is 4.57 Å². The lowest BCUT2D eigenvalue weighted by atomic mass is 10.1. The molecule has 6 heteroatoms. The first-order valence-electron chi connectivity index (χ1n) is 9.76. The molecule has 0 radical (unpaired) electrons. The Morgan fingerprint density at radius 2 is 1.90 bits per heavy atom. The molecule has 0 aliphatic rings. The maximum absolute atomic E-state index is 12.1. The smallest absolute Gasteiger partial charge is 0.250 e. The minimum Gasteiger partial charge on any atom is -0.318 e. The fourth-order valence-electron chi connectivity index (χ4n) is 3.27. The van der Waals surface area contributed by atoms with Crippen molar-refractivity contribution >= 4 is 39.8 Å². The number of benzene rings is 2. The van der Waals surface area contributed by atoms with E-state index in [2.05, 4.69) is 95.1 Å². The fourth-order valence-corrected chi connectivity index (χ4v) is 4.49. The number of rotatable bonds is 7. The van der Waals surface area contributed by atoms with Crippen molar-refractivity contribution in [1.82, 2.24) is 9.99 Å². The summed E-state index contributed by atoms with van der Waals surface area (Å²) >= 11 is 5.03. The highest BCUT2D eigenvalue weighted by Crippen LogP contribution is 2.22. The Labute approximate surface area is 190 Å². The van der Waals surface area contributed by atoms with Gasteiger partial charge in [-0.15, -0.1) is 11.8 Å². The van der Waals surface area contributed by atoms with E-state index in [9.17, 15) is 4.79 Å². The van der Waals surface area contributed by atoms with Gasteiger partial charge in [0.05, 0.1) is 12.0 Å². The van der Waals surface area contributed by atoms with Crippen molar-refractivity contribution in [3.05, 3.63) is 86.6 Å². The number of thioether (sulfide) groups is 1. The molecule has 1 heterocycles. The number of amides is 1. The van der Waals surface area contributed by atoms with Gasteiger partial charge in [0.2, 0.25) is 5.91 Å². The first kappa shape index (κ1) is 22.4.